The predicted molar refractivity (Wildman–Crippen MR) is 101 cm³/mol. The number of nitrogens with zero attached hydrogens (tertiary/aromatic N) is 1. The topological polar surface area (TPSA) is 69.6 Å². The fourth-order valence-electron chi connectivity index (χ4n) is 2.38. The van der Waals surface area contributed by atoms with Gasteiger partial charge in [0, 0.05) is 28.5 Å². The number of carbonyl (C=O) groups excluding carboxylic acids is 1. The molecule has 0 aliphatic carbocycles. The zero-order valence-electron chi connectivity index (χ0n) is 14.2. The van der Waals surface area contributed by atoms with Crippen LogP contribution >= 0.6 is 11.6 Å². The van der Waals surface area contributed by atoms with Gasteiger partial charge in [0.2, 0.25) is 0 Å². The highest BCUT2D eigenvalue weighted by Crippen LogP contribution is 2.23. The molecule has 25 heavy (non-hydrogen) atoms. The molecule has 0 aromatic heterocycles. The Morgan fingerprint density at radius 3 is 2.40 bits per heavy atom. The fraction of sp³-hybridized carbons (Fsp3) is 0.263. The van der Waals surface area contributed by atoms with Crippen LogP contribution in [0, 0.1) is 5.92 Å². The van der Waals surface area contributed by atoms with Gasteiger partial charge in [0.25, 0.3) is 5.91 Å². The lowest BCUT2D eigenvalue weighted by molar-refractivity contribution is -0.134. The van der Waals surface area contributed by atoms with Crippen molar-refractivity contribution in [2.24, 2.45) is 5.92 Å². The summed E-state index contributed by atoms with van der Waals surface area (Å²) in [5.74, 6) is -0.774. The third-order valence-corrected chi connectivity index (χ3v) is 3.72. The van der Waals surface area contributed by atoms with Crippen LogP contribution in [0.15, 0.2) is 48.5 Å². The van der Waals surface area contributed by atoms with E-state index >= 15 is 0 Å². The molecule has 2 aromatic rings. The predicted octanol–water partition coefficient (Wildman–Crippen LogP) is 4.14. The van der Waals surface area contributed by atoms with Crippen LogP contribution in [0.3, 0.4) is 0 Å². The Labute approximate surface area is 152 Å². The van der Waals surface area contributed by atoms with Gasteiger partial charge in [0.15, 0.2) is 0 Å². The number of aliphatic carboxylic acids is 1. The Hall–Kier alpha value is -2.53. The number of hydrogen-bond acceptors (Lipinski definition) is 3. The lowest BCUT2D eigenvalue weighted by Gasteiger charge is -2.25. The molecule has 0 aliphatic rings. The van der Waals surface area contributed by atoms with E-state index in [2.05, 4.69) is 5.32 Å². The number of amides is 1. The first-order valence-electron chi connectivity index (χ1n) is 8.00. The zero-order valence-corrected chi connectivity index (χ0v) is 15.0. The van der Waals surface area contributed by atoms with E-state index < -0.39 is 5.97 Å². The minimum atomic E-state index is -0.941. The molecule has 0 bridgehead atoms. The number of hydrogen-bond donors (Lipinski definition) is 2. The number of anilines is 2. The summed E-state index contributed by atoms with van der Waals surface area (Å²) in [5.41, 5.74) is 1.93. The summed E-state index contributed by atoms with van der Waals surface area (Å²) in [6, 6.07) is 14.0. The molecule has 132 valence electrons. The third kappa shape index (κ3) is 5.50. The van der Waals surface area contributed by atoms with Crippen LogP contribution < -0.4 is 10.2 Å². The first-order valence-corrected chi connectivity index (χ1v) is 8.38. The molecule has 2 rings (SSSR count). The zero-order chi connectivity index (χ0) is 18.4. The van der Waals surface area contributed by atoms with Gasteiger partial charge in [0.05, 0.1) is 0 Å². The molecule has 2 N–H and O–H groups in total. The Bertz CT molecular complexity index is 745. The van der Waals surface area contributed by atoms with Crippen LogP contribution in [-0.2, 0) is 4.79 Å². The number of carbonyl (C=O) groups is 2. The van der Waals surface area contributed by atoms with Gasteiger partial charge < -0.3 is 15.3 Å². The summed E-state index contributed by atoms with van der Waals surface area (Å²) in [7, 11) is 0. The smallest absolute Gasteiger partial charge is 0.322 e. The molecule has 1 amide bonds. The molecule has 0 heterocycles. The van der Waals surface area contributed by atoms with Crippen molar-refractivity contribution in [3.63, 3.8) is 0 Å². The number of benzene rings is 2. The van der Waals surface area contributed by atoms with Crippen molar-refractivity contribution in [2.45, 2.75) is 13.8 Å². The average molecular weight is 361 g/mol. The summed E-state index contributed by atoms with van der Waals surface area (Å²) in [6.45, 7) is 4.49. The highest BCUT2D eigenvalue weighted by molar-refractivity contribution is 6.31. The maximum absolute atomic E-state index is 12.9. The van der Waals surface area contributed by atoms with Crippen molar-refractivity contribution in [3.05, 3.63) is 59.1 Å². The third-order valence-electron chi connectivity index (χ3n) is 3.49. The van der Waals surface area contributed by atoms with E-state index in [4.69, 9.17) is 16.7 Å². The van der Waals surface area contributed by atoms with E-state index in [9.17, 15) is 9.59 Å². The van der Waals surface area contributed by atoms with E-state index in [1.165, 1.54) is 0 Å². The number of carboxylic acid groups (broad SMARTS) is 1. The highest BCUT2D eigenvalue weighted by atomic mass is 35.5. The molecule has 0 spiro atoms. The van der Waals surface area contributed by atoms with E-state index in [-0.39, 0.29) is 12.5 Å². The number of carboxylic acids is 1. The van der Waals surface area contributed by atoms with Crippen LogP contribution in [0.5, 0.6) is 0 Å². The summed E-state index contributed by atoms with van der Waals surface area (Å²) < 4.78 is 0. The second-order valence-corrected chi connectivity index (χ2v) is 6.55. The molecular weight excluding hydrogens is 340 g/mol. The van der Waals surface area contributed by atoms with Crippen LogP contribution in [0.25, 0.3) is 0 Å². The molecule has 0 unspecified atom stereocenters. The Morgan fingerprint density at radius 1 is 1.16 bits per heavy atom. The van der Waals surface area contributed by atoms with E-state index in [1.807, 2.05) is 26.0 Å². The molecule has 0 fully saturated rings. The lowest BCUT2D eigenvalue weighted by Crippen LogP contribution is -2.34. The molecule has 0 radical (unpaired) electrons. The van der Waals surface area contributed by atoms with Crippen LogP contribution in [0.1, 0.15) is 24.2 Å². The van der Waals surface area contributed by atoms with Gasteiger partial charge in [0.1, 0.15) is 6.54 Å². The number of nitrogens with one attached hydrogen (secondary N) is 1. The van der Waals surface area contributed by atoms with Crippen LogP contribution in [0.2, 0.25) is 5.02 Å². The minimum absolute atomic E-state index is 0.124. The first-order chi connectivity index (χ1) is 11.9. The standard InChI is InChI=1S/C19H21ClN2O3/c1-13(2)12-22(17-5-3-4-15(20)10-17)19(25)14-6-8-16(9-7-14)21-11-18(23)24/h3-10,13,21H,11-12H2,1-2H3,(H,23,24). The lowest BCUT2D eigenvalue weighted by atomic mass is 10.1. The summed E-state index contributed by atoms with van der Waals surface area (Å²) >= 11 is 6.06. The van der Waals surface area contributed by atoms with E-state index in [0.717, 1.165) is 5.69 Å². The normalized spacial score (nSPS) is 10.6. The van der Waals surface area contributed by atoms with Gasteiger partial charge in [-0.15, -0.1) is 0 Å². The maximum Gasteiger partial charge on any atom is 0.322 e. The number of rotatable bonds is 7. The molecule has 2 aromatic carbocycles. The van der Waals surface area contributed by atoms with Crippen molar-refractivity contribution in [1.29, 1.82) is 0 Å². The molecule has 6 heteroatoms. The molecular formula is C19H21ClN2O3. The van der Waals surface area contributed by atoms with Gasteiger partial charge in [-0.05, 0) is 48.4 Å². The van der Waals surface area contributed by atoms with Gasteiger partial charge in [-0.25, -0.2) is 0 Å². The highest BCUT2D eigenvalue weighted by Gasteiger charge is 2.19. The maximum atomic E-state index is 12.9. The Balaban J connectivity index is 2.22. The monoisotopic (exact) mass is 360 g/mol. The number of halogens is 1. The summed E-state index contributed by atoms with van der Waals surface area (Å²) in [5, 5.41) is 12.0. The van der Waals surface area contributed by atoms with Gasteiger partial charge >= 0.3 is 5.97 Å². The van der Waals surface area contributed by atoms with E-state index in [1.54, 1.807) is 41.3 Å². The SMILES string of the molecule is CC(C)CN(C(=O)c1ccc(NCC(=O)O)cc1)c1cccc(Cl)c1. The Kier molecular flexibility index (Phi) is 6.42. The molecule has 0 saturated carbocycles. The average Bonchev–Trinajstić information content (AvgIpc) is 2.57. The molecule has 0 aliphatic heterocycles. The largest absolute Gasteiger partial charge is 0.480 e. The van der Waals surface area contributed by atoms with Crippen LogP contribution in [-0.4, -0.2) is 30.1 Å². The quantitative estimate of drug-likeness (QED) is 0.778. The molecule has 0 saturated heterocycles. The van der Waals surface area contributed by atoms with Crippen molar-refractivity contribution >= 4 is 34.9 Å². The summed E-state index contributed by atoms with van der Waals surface area (Å²) in [4.78, 5) is 25.2. The van der Waals surface area contributed by atoms with Crippen molar-refractivity contribution < 1.29 is 14.7 Å². The van der Waals surface area contributed by atoms with Gasteiger partial charge in [-0.3, -0.25) is 9.59 Å². The Morgan fingerprint density at radius 2 is 1.84 bits per heavy atom. The van der Waals surface area contributed by atoms with Crippen molar-refractivity contribution in [2.75, 3.05) is 23.3 Å². The second-order valence-electron chi connectivity index (χ2n) is 6.11. The van der Waals surface area contributed by atoms with Crippen molar-refractivity contribution in [1.82, 2.24) is 0 Å². The molecule has 5 nitrogen and oxygen atoms in total. The van der Waals surface area contributed by atoms with Gasteiger partial charge in [-0.1, -0.05) is 31.5 Å². The fourth-order valence-corrected chi connectivity index (χ4v) is 2.56. The van der Waals surface area contributed by atoms with Crippen molar-refractivity contribution in [3.8, 4) is 0 Å². The van der Waals surface area contributed by atoms with Gasteiger partial charge in [-0.2, -0.15) is 0 Å². The second kappa shape index (κ2) is 8.53. The first kappa shape index (κ1) is 18.8. The summed E-state index contributed by atoms with van der Waals surface area (Å²) in [6.07, 6.45) is 0. The minimum Gasteiger partial charge on any atom is -0.480 e. The van der Waals surface area contributed by atoms with Crippen LogP contribution in [0.4, 0.5) is 11.4 Å². The molecule has 0 atom stereocenters. The van der Waals surface area contributed by atoms with E-state index in [0.29, 0.717) is 28.7 Å².